The topological polar surface area (TPSA) is 70.2 Å². The van der Waals surface area contributed by atoms with Crippen molar-refractivity contribution in [1.29, 1.82) is 0 Å². The average molecular weight is 340 g/mol. The van der Waals surface area contributed by atoms with Crippen molar-refractivity contribution in [2.75, 3.05) is 17.2 Å². The van der Waals surface area contributed by atoms with Gasteiger partial charge in [0.15, 0.2) is 0 Å². The van der Waals surface area contributed by atoms with Crippen molar-refractivity contribution in [2.24, 2.45) is 5.92 Å². The van der Waals surface area contributed by atoms with Gasteiger partial charge in [-0.25, -0.2) is 4.79 Å². The number of nitrogens with one attached hydrogen (secondary N) is 3. The normalized spacial score (nSPS) is 10.0. The summed E-state index contributed by atoms with van der Waals surface area (Å²) in [5.74, 6) is -0.116. The Labute approximate surface area is 127 Å². The molecule has 3 amide bonds. The lowest BCUT2D eigenvalue weighted by Crippen LogP contribution is -2.29. The second-order valence-corrected chi connectivity index (χ2v) is 5.67. The molecule has 0 aliphatic heterocycles. The van der Waals surface area contributed by atoms with Crippen molar-refractivity contribution in [3.63, 3.8) is 0 Å². The highest BCUT2D eigenvalue weighted by atomic mass is 79.9. The number of carbonyl (C=O) groups is 2. The summed E-state index contributed by atoms with van der Waals surface area (Å²) in [6.07, 6.45) is 0. The Morgan fingerprint density at radius 1 is 1.15 bits per heavy atom. The number of anilines is 2. The minimum absolute atomic E-state index is 0.0423. The van der Waals surface area contributed by atoms with E-state index in [1.807, 2.05) is 13.8 Å². The second kappa shape index (κ2) is 7.69. The largest absolute Gasteiger partial charge is 0.333 e. The summed E-state index contributed by atoms with van der Waals surface area (Å²) in [5, 5.41) is 8.08. The van der Waals surface area contributed by atoms with Crippen LogP contribution < -0.4 is 16.0 Å². The first-order valence-corrected chi connectivity index (χ1v) is 6.97. The Balaban J connectivity index is 2.52. The smallest absolute Gasteiger partial charge is 0.319 e. The zero-order valence-corrected chi connectivity index (χ0v) is 13.1. The predicted octanol–water partition coefficient (Wildman–Crippen LogP) is 3.31. The fraction of sp³-hybridized carbons (Fsp3) is 0.286. The summed E-state index contributed by atoms with van der Waals surface area (Å²) in [6, 6.07) is 6.60. The number of hydrogen-bond donors (Lipinski definition) is 3. The van der Waals surface area contributed by atoms with E-state index in [0.29, 0.717) is 22.4 Å². The molecule has 0 atom stereocenters. The van der Waals surface area contributed by atoms with Crippen LogP contribution in [0.4, 0.5) is 16.2 Å². The average Bonchev–Trinajstić information content (AvgIpc) is 2.38. The van der Waals surface area contributed by atoms with Crippen LogP contribution in [0.5, 0.6) is 0 Å². The van der Waals surface area contributed by atoms with Crippen molar-refractivity contribution < 1.29 is 9.59 Å². The van der Waals surface area contributed by atoms with Gasteiger partial charge in [0.25, 0.3) is 0 Å². The summed E-state index contributed by atoms with van der Waals surface area (Å²) in [4.78, 5) is 23.0. The molecule has 6 heteroatoms. The third-order valence-electron chi connectivity index (χ3n) is 2.38. The van der Waals surface area contributed by atoms with Gasteiger partial charge in [0.05, 0.1) is 6.54 Å². The molecule has 0 aliphatic rings. The molecule has 0 heterocycles. The molecule has 1 rings (SSSR count). The Morgan fingerprint density at radius 2 is 1.65 bits per heavy atom. The third kappa shape index (κ3) is 5.88. The Hall–Kier alpha value is -1.82. The summed E-state index contributed by atoms with van der Waals surface area (Å²) in [5.41, 5.74) is 1.34. The zero-order valence-electron chi connectivity index (χ0n) is 11.5. The first-order chi connectivity index (χ1) is 9.38. The summed E-state index contributed by atoms with van der Waals surface area (Å²) >= 11 is 3.16. The van der Waals surface area contributed by atoms with Crippen LogP contribution in [0.15, 0.2) is 35.3 Å². The number of rotatable bonds is 5. The van der Waals surface area contributed by atoms with E-state index in [2.05, 4.69) is 38.5 Å². The molecule has 3 N–H and O–H groups in total. The number of urea groups is 1. The number of hydrogen-bond acceptors (Lipinski definition) is 2. The van der Waals surface area contributed by atoms with Crippen molar-refractivity contribution in [2.45, 2.75) is 13.8 Å². The quantitative estimate of drug-likeness (QED) is 0.770. The van der Waals surface area contributed by atoms with Crippen LogP contribution in [-0.2, 0) is 4.79 Å². The first kappa shape index (κ1) is 16.2. The van der Waals surface area contributed by atoms with E-state index in [1.54, 1.807) is 24.3 Å². The van der Waals surface area contributed by atoms with E-state index in [-0.39, 0.29) is 17.9 Å². The summed E-state index contributed by atoms with van der Waals surface area (Å²) in [6.45, 7) is 7.63. The van der Waals surface area contributed by atoms with Crippen molar-refractivity contribution in [3.8, 4) is 0 Å². The maximum atomic E-state index is 11.5. The summed E-state index contributed by atoms with van der Waals surface area (Å²) in [7, 11) is 0. The standard InChI is InChI=1S/C14H18BrN3O2/c1-9(2)13(19)17-11-4-6-12(7-5-11)18-14(20)16-8-10(3)15/h4-7,9H,3,8H2,1-2H3,(H,17,19)(H2,16,18,20). The SMILES string of the molecule is C=C(Br)CNC(=O)Nc1ccc(NC(=O)C(C)C)cc1. The highest BCUT2D eigenvalue weighted by molar-refractivity contribution is 9.11. The Kier molecular flexibility index (Phi) is 6.24. The van der Waals surface area contributed by atoms with Gasteiger partial charge in [-0.1, -0.05) is 36.4 Å². The number of halogens is 1. The molecule has 1 aromatic carbocycles. The Bertz CT molecular complexity index is 498. The van der Waals surface area contributed by atoms with E-state index in [1.165, 1.54) is 0 Å². The van der Waals surface area contributed by atoms with Crippen LogP contribution in [0.3, 0.4) is 0 Å². The lowest BCUT2D eigenvalue weighted by atomic mass is 10.2. The van der Waals surface area contributed by atoms with E-state index < -0.39 is 0 Å². The number of amides is 3. The maximum Gasteiger partial charge on any atom is 0.319 e. The Morgan fingerprint density at radius 3 is 2.10 bits per heavy atom. The highest BCUT2D eigenvalue weighted by Gasteiger charge is 2.07. The molecule has 0 radical (unpaired) electrons. The van der Waals surface area contributed by atoms with E-state index in [9.17, 15) is 9.59 Å². The van der Waals surface area contributed by atoms with Crippen molar-refractivity contribution >= 4 is 39.2 Å². The molecule has 5 nitrogen and oxygen atoms in total. The molecule has 0 spiro atoms. The first-order valence-electron chi connectivity index (χ1n) is 6.17. The van der Waals surface area contributed by atoms with Gasteiger partial charge in [0, 0.05) is 21.8 Å². The van der Waals surface area contributed by atoms with Crippen LogP contribution in [0.25, 0.3) is 0 Å². The van der Waals surface area contributed by atoms with E-state index in [0.717, 1.165) is 0 Å². The molecule has 0 saturated carbocycles. The number of benzene rings is 1. The molecule has 0 saturated heterocycles. The van der Waals surface area contributed by atoms with Crippen molar-refractivity contribution in [1.82, 2.24) is 5.32 Å². The van der Waals surface area contributed by atoms with Crippen LogP contribution in [0.2, 0.25) is 0 Å². The molecular formula is C14H18BrN3O2. The van der Waals surface area contributed by atoms with E-state index >= 15 is 0 Å². The van der Waals surface area contributed by atoms with E-state index in [4.69, 9.17) is 0 Å². The van der Waals surface area contributed by atoms with Gasteiger partial charge in [-0.15, -0.1) is 0 Å². The molecule has 20 heavy (non-hydrogen) atoms. The van der Waals surface area contributed by atoms with Gasteiger partial charge in [-0.2, -0.15) is 0 Å². The van der Waals surface area contributed by atoms with Crippen LogP contribution in [-0.4, -0.2) is 18.5 Å². The van der Waals surface area contributed by atoms with Crippen LogP contribution in [0, 0.1) is 5.92 Å². The third-order valence-corrected chi connectivity index (χ3v) is 2.66. The molecule has 0 fully saturated rings. The molecule has 0 aromatic heterocycles. The fourth-order valence-electron chi connectivity index (χ4n) is 1.27. The molecular weight excluding hydrogens is 322 g/mol. The monoisotopic (exact) mass is 339 g/mol. The molecule has 108 valence electrons. The van der Waals surface area contributed by atoms with Gasteiger partial charge >= 0.3 is 6.03 Å². The molecule has 0 aliphatic carbocycles. The minimum Gasteiger partial charge on any atom is -0.333 e. The van der Waals surface area contributed by atoms with Gasteiger partial charge in [0.1, 0.15) is 0 Å². The lowest BCUT2D eigenvalue weighted by molar-refractivity contribution is -0.118. The number of carbonyl (C=O) groups excluding carboxylic acids is 2. The van der Waals surface area contributed by atoms with Crippen LogP contribution in [0.1, 0.15) is 13.8 Å². The molecule has 0 unspecified atom stereocenters. The predicted molar refractivity (Wildman–Crippen MR) is 85.0 cm³/mol. The zero-order chi connectivity index (χ0) is 15.1. The molecule has 0 bridgehead atoms. The van der Waals surface area contributed by atoms with Crippen molar-refractivity contribution in [3.05, 3.63) is 35.3 Å². The summed E-state index contributed by atoms with van der Waals surface area (Å²) < 4.78 is 0.694. The molecule has 1 aromatic rings. The van der Waals surface area contributed by atoms with Gasteiger partial charge < -0.3 is 16.0 Å². The van der Waals surface area contributed by atoms with Crippen LogP contribution >= 0.6 is 15.9 Å². The lowest BCUT2D eigenvalue weighted by Gasteiger charge is -2.10. The minimum atomic E-state index is -0.315. The highest BCUT2D eigenvalue weighted by Crippen LogP contribution is 2.14. The van der Waals surface area contributed by atoms with Gasteiger partial charge in [-0.05, 0) is 24.3 Å². The van der Waals surface area contributed by atoms with Gasteiger partial charge in [-0.3, -0.25) is 4.79 Å². The van der Waals surface area contributed by atoms with Gasteiger partial charge in [0.2, 0.25) is 5.91 Å². The second-order valence-electron chi connectivity index (χ2n) is 4.55. The maximum absolute atomic E-state index is 11.5. The fourth-order valence-corrected chi connectivity index (χ4v) is 1.42.